The molecule has 1 N–H and O–H groups in total. The highest BCUT2D eigenvalue weighted by Gasteiger charge is 2.26. The number of carbonyl (C=O) groups is 2. The van der Waals surface area contributed by atoms with Crippen LogP contribution in [-0.2, 0) is 20.9 Å². The molecule has 5 heteroatoms. The minimum Gasteiger partial charge on any atom is -0.459 e. The largest absolute Gasteiger partial charge is 0.459 e. The number of amides is 1. The summed E-state index contributed by atoms with van der Waals surface area (Å²) in [5.41, 5.74) is 1.45. The summed E-state index contributed by atoms with van der Waals surface area (Å²) in [5.74, 6) is -0.216. The van der Waals surface area contributed by atoms with Gasteiger partial charge in [-0.3, -0.25) is 0 Å². The average Bonchev–Trinajstić information content (AvgIpc) is 2.43. The summed E-state index contributed by atoms with van der Waals surface area (Å²) in [7, 11) is 0. The van der Waals surface area contributed by atoms with Gasteiger partial charge in [-0.05, 0) is 45.6 Å². The first-order chi connectivity index (χ1) is 11.1. The highest BCUT2D eigenvalue weighted by Crippen LogP contribution is 2.12. The predicted molar refractivity (Wildman–Crippen MR) is 93.6 cm³/mol. The summed E-state index contributed by atoms with van der Waals surface area (Å²) >= 11 is 0. The number of hydrogen-bond acceptors (Lipinski definition) is 4. The molecule has 1 amide bonds. The Hall–Kier alpha value is -2.04. The van der Waals surface area contributed by atoms with Crippen LogP contribution in [0.2, 0.25) is 0 Å². The first-order valence-electron chi connectivity index (χ1n) is 8.28. The maximum absolute atomic E-state index is 12.3. The SMILES string of the molecule is Cc1ccc(COC(=O)[C@H](CC(C)C)NC(=O)OC(C)(C)C)cc1. The van der Waals surface area contributed by atoms with Crippen LogP contribution in [0.5, 0.6) is 0 Å². The van der Waals surface area contributed by atoms with Crippen molar-refractivity contribution in [3.8, 4) is 0 Å². The van der Waals surface area contributed by atoms with Gasteiger partial charge in [-0.15, -0.1) is 0 Å². The Morgan fingerprint density at radius 2 is 1.71 bits per heavy atom. The van der Waals surface area contributed by atoms with E-state index >= 15 is 0 Å². The smallest absolute Gasteiger partial charge is 0.408 e. The fraction of sp³-hybridized carbons (Fsp3) is 0.579. The molecule has 0 aliphatic rings. The van der Waals surface area contributed by atoms with Gasteiger partial charge < -0.3 is 14.8 Å². The molecular formula is C19H29NO4. The molecule has 24 heavy (non-hydrogen) atoms. The van der Waals surface area contributed by atoms with Gasteiger partial charge in [-0.2, -0.15) is 0 Å². The van der Waals surface area contributed by atoms with Crippen LogP contribution in [0.15, 0.2) is 24.3 Å². The van der Waals surface area contributed by atoms with E-state index < -0.39 is 23.7 Å². The molecule has 5 nitrogen and oxygen atoms in total. The van der Waals surface area contributed by atoms with Crippen molar-refractivity contribution in [1.29, 1.82) is 0 Å². The molecule has 1 rings (SSSR count). The number of rotatable bonds is 6. The van der Waals surface area contributed by atoms with E-state index in [1.807, 2.05) is 45.0 Å². The Bertz CT molecular complexity index is 543. The molecule has 0 aliphatic carbocycles. The van der Waals surface area contributed by atoms with Crippen LogP contribution in [0.3, 0.4) is 0 Å². The van der Waals surface area contributed by atoms with Gasteiger partial charge in [0.1, 0.15) is 18.2 Å². The minimum absolute atomic E-state index is 0.184. The molecular weight excluding hydrogens is 306 g/mol. The number of benzene rings is 1. The molecule has 0 fully saturated rings. The fourth-order valence-electron chi connectivity index (χ4n) is 2.07. The second kappa shape index (κ2) is 8.71. The van der Waals surface area contributed by atoms with E-state index in [1.54, 1.807) is 20.8 Å². The van der Waals surface area contributed by atoms with Gasteiger partial charge in [-0.25, -0.2) is 9.59 Å². The lowest BCUT2D eigenvalue weighted by Crippen LogP contribution is -2.44. The van der Waals surface area contributed by atoms with E-state index in [-0.39, 0.29) is 12.5 Å². The summed E-state index contributed by atoms with van der Waals surface area (Å²) in [6, 6.07) is 7.05. The van der Waals surface area contributed by atoms with Crippen LogP contribution in [0.1, 0.15) is 52.2 Å². The monoisotopic (exact) mass is 335 g/mol. The highest BCUT2D eigenvalue weighted by molar-refractivity contribution is 5.81. The third kappa shape index (κ3) is 7.99. The lowest BCUT2D eigenvalue weighted by atomic mass is 10.0. The predicted octanol–water partition coefficient (Wildman–Crippen LogP) is 3.98. The van der Waals surface area contributed by atoms with E-state index in [2.05, 4.69) is 5.32 Å². The van der Waals surface area contributed by atoms with Gasteiger partial charge in [0.05, 0.1) is 0 Å². The van der Waals surface area contributed by atoms with Gasteiger partial charge in [0.15, 0.2) is 0 Å². The lowest BCUT2D eigenvalue weighted by molar-refractivity contribution is -0.148. The molecule has 0 heterocycles. The Balaban J connectivity index is 2.63. The van der Waals surface area contributed by atoms with Crippen molar-refractivity contribution in [2.24, 2.45) is 5.92 Å². The minimum atomic E-state index is -0.717. The van der Waals surface area contributed by atoms with Crippen molar-refractivity contribution in [3.05, 3.63) is 35.4 Å². The van der Waals surface area contributed by atoms with E-state index in [9.17, 15) is 9.59 Å². The van der Waals surface area contributed by atoms with Crippen molar-refractivity contribution in [1.82, 2.24) is 5.32 Å². The van der Waals surface area contributed by atoms with Crippen LogP contribution in [0.4, 0.5) is 4.79 Å². The molecule has 1 atom stereocenters. The molecule has 0 spiro atoms. The lowest BCUT2D eigenvalue weighted by Gasteiger charge is -2.23. The molecule has 0 aromatic heterocycles. The zero-order chi connectivity index (χ0) is 18.3. The summed E-state index contributed by atoms with van der Waals surface area (Å²) in [6.45, 7) is 11.5. The first kappa shape index (κ1) is 20.0. The highest BCUT2D eigenvalue weighted by atomic mass is 16.6. The molecule has 1 aromatic rings. The zero-order valence-corrected chi connectivity index (χ0v) is 15.5. The summed E-state index contributed by atoms with van der Waals surface area (Å²) in [6.07, 6.45) is -0.119. The third-order valence-electron chi connectivity index (χ3n) is 3.18. The second-order valence-corrected chi connectivity index (χ2v) is 7.42. The van der Waals surface area contributed by atoms with E-state index in [1.165, 1.54) is 0 Å². The van der Waals surface area contributed by atoms with Crippen LogP contribution in [0.25, 0.3) is 0 Å². The summed E-state index contributed by atoms with van der Waals surface area (Å²) < 4.78 is 10.6. The molecule has 0 saturated heterocycles. The number of nitrogens with one attached hydrogen (secondary N) is 1. The molecule has 0 bridgehead atoms. The number of hydrogen-bond donors (Lipinski definition) is 1. The third-order valence-corrected chi connectivity index (χ3v) is 3.18. The van der Waals surface area contributed by atoms with Gasteiger partial charge in [0.25, 0.3) is 0 Å². The maximum atomic E-state index is 12.3. The van der Waals surface area contributed by atoms with Crippen molar-refractivity contribution in [2.45, 2.75) is 66.2 Å². The summed E-state index contributed by atoms with van der Waals surface area (Å²) in [5, 5.41) is 2.61. The number of esters is 1. The van der Waals surface area contributed by atoms with E-state index in [4.69, 9.17) is 9.47 Å². The van der Waals surface area contributed by atoms with Crippen LogP contribution < -0.4 is 5.32 Å². The van der Waals surface area contributed by atoms with Crippen LogP contribution >= 0.6 is 0 Å². The second-order valence-electron chi connectivity index (χ2n) is 7.42. The summed E-state index contributed by atoms with van der Waals surface area (Å²) in [4.78, 5) is 24.3. The van der Waals surface area contributed by atoms with Crippen LogP contribution in [0, 0.1) is 12.8 Å². The molecule has 134 valence electrons. The van der Waals surface area contributed by atoms with E-state index in [0.717, 1.165) is 11.1 Å². The Kier molecular flexibility index (Phi) is 7.26. The molecule has 0 unspecified atom stereocenters. The van der Waals surface area contributed by atoms with Gasteiger partial charge in [0.2, 0.25) is 0 Å². The molecule has 0 saturated carbocycles. The maximum Gasteiger partial charge on any atom is 0.408 e. The van der Waals surface area contributed by atoms with Crippen LogP contribution in [-0.4, -0.2) is 23.7 Å². The Morgan fingerprint density at radius 1 is 1.12 bits per heavy atom. The number of ether oxygens (including phenoxy) is 2. The normalized spacial score (nSPS) is 12.6. The van der Waals surface area contributed by atoms with E-state index in [0.29, 0.717) is 6.42 Å². The topological polar surface area (TPSA) is 64.6 Å². The zero-order valence-electron chi connectivity index (χ0n) is 15.5. The first-order valence-corrected chi connectivity index (χ1v) is 8.28. The quantitative estimate of drug-likeness (QED) is 0.799. The van der Waals surface area contributed by atoms with Crippen molar-refractivity contribution in [2.75, 3.05) is 0 Å². The number of aryl methyl sites for hydroxylation is 1. The van der Waals surface area contributed by atoms with Gasteiger partial charge >= 0.3 is 12.1 Å². The molecule has 0 radical (unpaired) electrons. The Morgan fingerprint density at radius 3 is 2.21 bits per heavy atom. The van der Waals surface area contributed by atoms with Gasteiger partial charge in [0, 0.05) is 0 Å². The Labute approximate surface area is 144 Å². The standard InChI is InChI=1S/C19H29NO4/c1-13(2)11-16(20-18(22)24-19(4,5)6)17(21)23-12-15-9-7-14(3)8-10-15/h7-10,13,16H,11-12H2,1-6H3,(H,20,22)/t16-/m0/s1. The average molecular weight is 335 g/mol. The van der Waals surface area contributed by atoms with Crippen molar-refractivity contribution < 1.29 is 19.1 Å². The molecule has 0 aliphatic heterocycles. The number of alkyl carbamates (subject to hydrolysis) is 1. The fourth-order valence-corrected chi connectivity index (χ4v) is 2.07. The molecule has 1 aromatic carbocycles. The van der Waals surface area contributed by atoms with Crippen molar-refractivity contribution in [3.63, 3.8) is 0 Å². The number of carbonyl (C=O) groups excluding carboxylic acids is 2. The van der Waals surface area contributed by atoms with Gasteiger partial charge in [-0.1, -0.05) is 43.7 Å². The van der Waals surface area contributed by atoms with Crippen molar-refractivity contribution >= 4 is 12.1 Å².